The van der Waals surface area contributed by atoms with Gasteiger partial charge in [-0.05, 0) is 37.7 Å². The third kappa shape index (κ3) is 1.07. The lowest BCUT2D eigenvalue weighted by molar-refractivity contribution is -0.132. The zero-order valence-electron chi connectivity index (χ0n) is 6.97. The van der Waals surface area contributed by atoms with Crippen LogP contribution in [0.3, 0.4) is 0 Å². The summed E-state index contributed by atoms with van der Waals surface area (Å²) in [5, 5.41) is 8.85. The van der Waals surface area contributed by atoms with Gasteiger partial charge >= 0.3 is 5.97 Å². The molecular weight excluding hydrogens is 152 g/mol. The molecule has 0 aromatic heterocycles. The van der Waals surface area contributed by atoms with Crippen LogP contribution in [0.15, 0.2) is 22.8 Å². The fraction of sp³-hybridized carbons (Fsp3) is 0.500. The number of aliphatic carboxylic acids is 1. The molecule has 2 heteroatoms. The molecule has 0 aliphatic heterocycles. The standard InChI is InChI=1S/C10H12O2/c11-10(12)9-6-5-7-3-1-2-4-8(7)9/h6H,1-5H2,(H,11,12). The molecule has 0 atom stereocenters. The van der Waals surface area contributed by atoms with Crippen LogP contribution in [0.1, 0.15) is 32.1 Å². The molecule has 0 unspecified atom stereocenters. The van der Waals surface area contributed by atoms with E-state index in [1.165, 1.54) is 12.0 Å². The fourth-order valence-electron chi connectivity index (χ4n) is 2.08. The zero-order valence-corrected chi connectivity index (χ0v) is 6.97. The molecule has 2 aliphatic rings. The molecular formula is C10H12O2. The highest BCUT2D eigenvalue weighted by atomic mass is 16.4. The molecule has 2 aliphatic carbocycles. The van der Waals surface area contributed by atoms with Crippen LogP contribution in [0, 0.1) is 0 Å². The van der Waals surface area contributed by atoms with E-state index >= 15 is 0 Å². The van der Waals surface area contributed by atoms with Gasteiger partial charge in [0.05, 0.1) is 5.57 Å². The molecule has 0 aromatic rings. The zero-order chi connectivity index (χ0) is 8.55. The molecule has 0 aromatic carbocycles. The normalized spacial score (nSPS) is 22.2. The Morgan fingerprint density at radius 2 is 2.08 bits per heavy atom. The van der Waals surface area contributed by atoms with Crippen LogP contribution in [0.2, 0.25) is 0 Å². The minimum absolute atomic E-state index is 0.574. The van der Waals surface area contributed by atoms with Crippen LogP contribution < -0.4 is 0 Å². The second-order valence-corrected chi connectivity index (χ2v) is 3.42. The van der Waals surface area contributed by atoms with Crippen LogP contribution in [0.25, 0.3) is 0 Å². The van der Waals surface area contributed by atoms with Crippen molar-refractivity contribution in [3.05, 3.63) is 22.8 Å². The van der Waals surface area contributed by atoms with E-state index in [9.17, 15) is 4.79 Å². The molecule has 12 heavy (non-hydrogen) atoms. The Labute approximate surface area is 71.6 Å². The maximum absolute atomic E-state index is 10.8. The van der Waals surface area contributed by atoms with Gasteiger partial charge in [0.25, 0.3) is 0 Å². The van der Waals surface area contributed by atoms with E-state index in [1.54, 1.807) is 0 Å². The summed E-state index contributed by atoms with van der Waals surface area (Å²) in [5.74, 6) is -0.748. The second kappa shape index (κ2) is 2.77. The van der Waals surface area contributed by atoms with Crippen molar-refractivity contribution in [2.45, 2.75) is 32.1 Å². The first-order chi connectivity index (χ1) is 5.79. The summed E-state index contributed by atoms with van der Waals surface area (Å²) < 4.78 is 0. The van der Waals surface area contributed by atoms with E-state index in [0.717, 1.165) is 31.3 Å². The molecule has 1 N–H and O–H groups in total. The van der Waals surface area contributed by atoms with E-state index in [4.69, 9.17) is 5.11 Å². The maximum Gasteiger partial charge on any atom is 0.335 e. The summed E-state index contributed by atoms with van der Waals surface area (Å²) >= 11 is 0. The maximum atomic E-state index is 10.8. The summed E-state index contributed by atoms with van der Waals surface area (Å²) in [4.78, 5) is 10.8. The predicted octanol–water partition coefficient (Wildman–Crippen LogP) is 2.27. The van der Waals surface area contributed by atoms with E-state index in [1.807, 2.05) is 6.08 Å². The van der Waals surface area contributed by atoms with Gasteiger partial charge in [-0.3, -0.25) is 0 Å². The first-order valence-corrected chi connectivity index (χ1v) is 4.44. The van der Waals surface area contributed by atoms with Crippen LogP contribution in [-0.2, 0) is 4.79 Å². The molecule has 2 nitrogen and oxygen atoms in total. The lowest BCUT2D eigenvalue weighted by atomic mass is 9.91. The van der Waals surface area contributed by atoms with Gasteiger partial charge in [0.2, 0.25) is 0 Å². The third-order valence-electron chi connectivity index (χ3n) is 2.69. The molecule has 0 saturated heterocycles. The Morgan fingerprint density at radius 1 is 1.33 bits per heavy atom. The van der Waals surface area contributed by atoms with Crippen molar-refractivity contribution in [3.63, 3.8) is 0 Å². The average molecular weight is 164 g/mol. The minimum Gasteiger partial charge on any atom is -0.478 e. The number of hydrogen-bond acceptors (Lipinski definition) is 1. The van der Waals surface area contributed by atoms with Crippen molar-refractivity contribution in [1.82, 2.24) is 0 Å². The van der Waals surface area contributed by atoms with Crippen molar-refractivity contribution in [3.8, 4) is 0 Å². The lowest BCUT2D eigenvalue weighted by Gasteiger charge is -2.14. The van der Waals surface area contributed by atoms with Crippen molar-refractivity contribution >= 4 is 5.97 Å². The van der Waals surface area contributed by atoms with Crippen LogP contribution in [-0.4, -0.2) is 11.1 Å². The highest BCUT2D eigenvalue weighted by Gasteiger charge is 2.24. The van der Waals surface area contributed by atoms with Gasteiger partial charge in [0.15, 0.2) is 0 Å². The lowest BCUT2D eigenvalue weighted by Crippen LogP contribution is -2.04. The van der Waals surface area contributed by atoms with Gasteiger partial charge < -0.3 is 5.11 Å². The Kier molecular flexibility index (Phi) is 1.75. The summed E-state index contributed by atoms with van der Waals surface area (Å²) in [6, 6.07) is 0. The number of allylic oxidation sites excluding steroid dienone is 2. The first-order valence-electron chi connectivity index (χ1n) is 4.44. The molecule has 2 rings (SSSR count). The number of rotatable bonds is 1. The molecule has 0 fully saturated rings. The quantitative estimate of drug-likeness (QED) is 0.645. The van der Waals surface area contributed by atoms with Gasteiger partial charge in [-0.15, -0.1) is 0 Å². The van der Waals surface area contributed by atoms with Crippen molar-refractivity contribution in [1.29, 1.82) is 0 Å². The molecule has 0 radical (unpaired) electrons. The Morgan fingerprint density at radius 3 is 2.83 bits per heavy atom. The number of carboxylic acids is 1. The monoisotopic (exact) mass is 164 g/mol. The number of carboxylic acid groups (broad SMARTS) is 1. The van der Waals surface area contributed by atoms with Crippen LogP contribution >= 0.6 is 0 Å². The molecule has 0 amide bonds. The Balaban J connectivity index is 2.29. The summed E-state index contributed by atoms with van der Waals surface area (Å²) in [5.41, 5.74) is 3.08. The summed E-state index contributed by atoms with van der Waals surface area (Å²) in [6.07, 6.45) is 7.23. The van der Waals surface area contributed by atoms with Gasteiger partial charge in [0, 0.05) is 0 Å². The highest BCUT2D eigenvalue weighted by Crippen LogP contribution is 2.36. The second-order valence-electron chi connectivity index (χ2n) is 3.42. The summed E-state index contributed by atoms with van der Waals surface area (Å²) in [6.45, 7) is 0. The van der Waals surface area contributed by atoms with Gasteiger partial charge in [-0.25, -0.2) is 4.79 Å². The van der Waals surface area contributed by atoms with Gasteiger partial charge in [0.1, 0.15) is 0 Å². The first kappa shape index (κ1) is 7.59. The van der Waals surface area contributed by atoms with Crippen molar-refractivity contribution in [2.24, 2.45) is 0 Å². The highest BCUT2D eigenvalue weighted by molar-refractivity contribution is 5.93. The SMILES string of the molecule is O=C(O)C1=CCC2=C1CCCC2. The average Bonchev–Trinajstić information content (AvgIpc) is 2.47. The Hall–Kier alpha value is -1.05. The largest absolute Gasteiger partial charge is 0.478 e. The van der Waals surface area contributed by atoms with E-state index in [0.29, 0.717) is 5.57 Å². The molecule has 64 valence electrons. The van der Waals surface area contributed by atoms with E-state index in [-0.39, 0.29) is 0 Å². The minimum atomic E-state index is -0.748. The molecule has 0 spiro atoms. The van der Waals surface area contributed by atoms with E-state index in [2.05, 4.69) is 0 Å². The fourth-order valence-corrected chi connectivity index (χ4v) is 2.08. The third-order valence-corrected chi connectivity index (χ3v) is 2.69. The molecule has 0 heterocycles. The van der Waals surface area contributed by atoms with Gasteiger partial charge in [-0.2, -0.15) is 0 Å². The Bertz CT molecular complexity index is 284. The van der Waals surface area contributed by atoms with Crippen LogP contribution in [0.5, 0.6) is 0 Å². The predicted molar refractivity (Wildman–Crippen MR) is 45.8 cm³/mol. The number of hydrogen-bond donors (Lipinski definition) is 1. The smallest absolute Gasteiger partial charge is 0.335 e. The van der Waals surface area contributed by atoms with Crippen molar-refractivity contribution < 1.29 is 9.90 Å². The number of carbonyl (C=O) groups is 1. The topological polar surface area (TPSA) is 37.3 Å². The van der Waals surface area contributed by atoms with Crippen molar-refractivity contribution in [2.75, 3.05) is 0 Å². The summed E-state index contributed by atoms with van der Waals surface area (Å²) in [7, 11) is 0. The molecule has 0 saturated carbocycles. The van der Waals surface area contributed by atoms with Crippen LogP contribution in [0.4, 0.5) is 0 Å². The van der Waals surface area contributed by atoms with Gasteiger partial charge in [-0.1, -0.05) is 11.6 Å². The van der Waals surface area contributed by atoms with E-state index < -0.39 is 5.97 Å². The molecule has 0 bridgehead atoms.